The number of ketones is 1. The third-order valence-electron chi connectivity index (χ3n) is 2.36. The van der Waals surface area contributed by atoms with E-state index < -0.39 is 6.04 Å². The van der Waals surface area contributed by atoms with E-state index in [1.807, 2.05) is 0 Å². The van der Waals surface area contributed by atoms with Crippen LogP contribution in [-0.4, -0.2) is 37.9 Å². The van der Waals surface area contributed by atoms with Gasteiger partial charge in [0.1, 0.15) is 0 Å². The van der Waals surface area contributed by atoms with E-state index in [1.54, 1.807) is 13.8 Å². The second-order valence-electron chi connectivity index (χ2n) is 4.04. The van der Waals surface area contributed by atoms with Crippen molar-refractivity contribution in [3.63, 3.8) is 0 Å². The Kier molecular flexibility index (Phi) is 7.75. The van der Waals surface area contributed by atoms with E-state index in [0.717, 1.165) is 0 Å². The van der Waals surface area contributed by atoms with Gasteiger partial charge in [-0.1, -0.05) is 13.8 Å². The molecule has 0 radical (unpaired) electrons. The summed E-state index contributed by atoms with van der Waals surface area (Å²) in [6.07, 6.45) is 1.70. The molecule has 3 amide bonds. The zero-order valence-electron chi connectivity index (χ0n) is 10.6. The van der Waals surface area contributed by atoms with Crippen LogP contribution in [0.4, 0.5) is 4.79 Å². The largest absolute Gasteiger partial charge is 0.349 e. The molecule has 0 aromatic carbocycles. The predicted octanol–water partition coefficient (Wildman–Crippen LogP) is 0.0353. The fourth-order valence-corrected chi connectivity index (χ4v) is 1.39. The lowest BCUT2D eigenvalue weighted by molar-refractivity contribution is -0.126. The van der Waals surface area contributed by atoms with Crippen molar-refractivity contribution in [1.82, 2.24) is 16.0 Å². The average molecular weight is 243 g/mol. The first-order valence-corrected chi connectivity index (χ1v) is 5.72. The number of hydrogen-bond donors (Lipinski definition) is 3. The molecule has 3 N–H and O–H groups in total. The molecule has 0 spiro atoms. The Morgan fingerprint density at radius 1 is 1.29 bits per heavy atom. The zero-order valence-corrected chi connectivity index (χ0v) is 10.6. The van der Waals surface area contributed by atoms with Crippen LogP contribution in [0.25, 0.3) is 0 Å². The van der Waals surface area contributed by atoms with Gasteiger partial charge in [0.2, 0.25) is 6.41 Å². The van der Waals surface area contributed by atoms with E-state index in [9.17, 15) is 14.4 Å². The third kappa shape index (κ3) is 6.55. The minimum Gasteiger partial charge on any atom is -0.349 e. The molecule has 6 nitrogen and oxygen atoms in total. The Morgan fingerprint density at radius 2 is 1.94 bits per heavy atom. The number of Topliss-reactive ketones (excluding diaryl/α,β-unsaturated/α-hetero) is 1. The Hall–Kier alpha value is -1.59. The summed E-state index contributed by atoms with van der Waals surface area (Å²) in [5, 5.41) is 7.56. The van der Waals surface area contributed by atoms with E-state index in [-0.39, 0.29) is 17.7 Å². The normalized spacial score (nSPS) is 11.8. The molecule has 0 bridgehead atoms. The lowest BCUT2D eigenvalue weighted by Crippen LogP contribution is -2.39. The maximum atomic E-state index is 11.7. The van der Waals surface area contributed by atoms with Gasteiger partial charge in [-0.3, -0.25) is 9.59 Å². The maximum Gasteiger partial charge on any atom is 0.314 e. The first-order valence-electron chi connectivity index (χ1n) is 5.72. The summed E-state index contributed by atoms with van der Waals surface area (Å²) < 4.78 is 0. The Morgan fingerprint density at radius 3 is 2.41 bits per heavy atom. The molecule has 0 saturated heterocycles. The molecule has 0 aliphatic rings. The van der Waals surface area contributed by atoms with Gasteiger partial charge >= 0.3 is 6.03 Å². The van der Waals surface area contributed by atoms with Crippen molar-refractivity contribution in [2.24, 2.45) is 5.92 Å². The lowest BCUT2D eigenvalue weighted by Gasteiger charge is -2.17. The predicted molar refractivity (Wildman–Crippen MR) is 64.5 cm³/mol. The van der Waals surface area contributed by atoms with Crippen LogP contribution in [0.15, 0.2) is 0 Å². The lowest BCUT2D eigenvalue weighted by atomic mass is 9.98. The summed E-state index contributed by atoms with van der Waals surface area (Å²) in [4.78, 5) is 32.9. The second kappa shape index (κ2) is 8.55. The van der Waals surface area contributed by atoms with Gasteiger partial charge in [0.05, 0.1) is 6.04 Å². The Bertz CT molecular complexity index is 267. The Balaban J connectivity index is 3.97. The number of carbonyl (C=O) groups excluding carboxylic acids is 3. The fraction of sp³-hybridized carbons (Fsp3) is 0.727. The minimum absolute atomic E-state index is 0.0112. The van der Waals surface area contributed by atoms with Gasteiger partial charge in [0.25, 0.3) is 0 Å². The maximum absolute atomic E-state index is 11.7. The summed E-state index contributed by atoms with van der Waals surface area (Å²) in [5.74, 6) is -0.101. The van der Waals surface area contributed by atoms with Crippen molar-refractivity contribution >= 4 is 18.2 Å². The summed E-state index contributed by atoms with van der Waals surface area (Å²) in [6.45, 7) is 4.07. The molecule has 1 atom stereocenters. The number of rotatable bonds is 8. The first kappa shape index (κ1) is 15.4. The summed E-state index contributed by atoms with van der Waals surface area (Å²) in [7, 11) is 1.54. The van der Waals surface area contributed by atoms with Crippen molar-refractivity contribution in [2.75, 3.05) is 13.6 Å². The highest BCUT2D eigenvalue weighted by Gasteiger charge is 2.19. The molecule has 6 heteroatoms. The Labute approximate surface area is 102 Å². The van der Waals surface area contributed by atoms with Gasteiger partial charge in [0, 0.05) is 19.5 Å². The smallest absolute Gasteiger partial charge is 0.314 e. The quantitative estimate of drug-likeness (QED) is 0.415. The number of carbonyl (C=O) groups is 3. The number of nitrogens with one attached hydrogen (secondary N) is 3. The van der Waals surface area contributed by atoms with Gasteiger partial charge in [0.15, 0.2) is 5.78 Å². The van der Waals surface area contributed by atoms with E-state index in [4.69, 9.17) is 0 Å². The molecule has 98 valence electrons. The molecule has 0 fully saturated rings. The molecule has 0 aliphatic carbocycles. The van der Waals surface area contributed by atoms with Crippen LogP contribution in [0.5, 0.6) is 0 Å². The van der Waals surface area contributed by atoms with Crippen molar-refractivity contribution in [3.05, 3.63) is 0 Å². The summed E-state index contributed by atoms with van der Waals surface area (Å²) in [5.41, 5.74) is 0. The molecular weight excluding hydrogens is 222 g/mol. The standard InChI is InChI=1S/C11H21N3O3/c1-8(2)10(16)9(14-7-15)5-4-6-13-11(17)12-3/h7-9H,4-6H2,1-3H3,(H,14,15)(H2,12,13,17). The number of amides is 3. The molecule has 17 heavy (non-hydrogen) atoms. The molecule has 0 saturated carbocycles. The SMILES string of the molecule is CNC(=O)NCCCC(NC=O)C(=O)C(C)C. The highest BCUT2D eigenvalue weighted by Crippen LogP contribution is 2.05. The molecule has 0 rings (SSSR count). The van der Waals surface area contributed by atoms with Crippen LogP contribution in [0, 0.1) is 5.92 Å². The van der Waals surface area contributed by atoms with Gasteiger partial charge in [-0.25, -0.2) is 4.79 Å². The second-order valence-corrected chi connectivity index (χ2v) is 4.04. The van der Waals surface area contributed by atoms with Crippen LogP contribution in [0.3, 0.4) is 0 Å². The van der Waals surface area contributed by atoms with E-state index in [1.165, 1.54) is 7.05 Å². The van der Waals surface area contributed by atoms with Crippen molar-refractivity contribution in [3.8, 4) is 0 Å². The summed E-state index contributed by atoms with van der Waals surface area (Å²) in [6, 6.07) is -0.709. The minimum atomic E-state index is -0.459. The molecule has 0 aliphatic heterocycles. The third-order valence-corrected chi connectivity index (χ3v) is 2.36. The summed E-state index contributed by atoms with van der Waals surface area (Å²) >= 11 is 0. The highest BCUT2D eigenvalue weighted by molar-refractivity contribution is 5.87. The molecule has 0 aromatic rings. The van der Waals surface area contributed by atoms with E-state index >= 15 is 0 Å². The molecule has 0 heterocycles. The van der Waals surface area contributed by atoms with Gasteiger partial charge in [-0.15, -0.1) is 0 Å². The number of hydrogen-bond acceptors (Lipinski definition) is 3. The van der Waals surface area contributed by atoms with Crippen LogP contribution < -0.4 is 16.0 Å². The van der Waals surface area contributed by atoms with Crippen molar-refractivity contribution < 1.29 is 14.4 Å². The first-order chi connectivity index (χ1) is 8.02. The topological polar surface area (TPSA) is 87.3 Å². The monoisotopic (exact) mass is 243 g/mol. The van der Waals surface area contributed by atoms with E-state index in [0.29, 0.717) is 25.8 Å². The van der Waals surface area contributed by atoms with Crippen LogP contribution in [0.2, 0.25) is 0 Å². The fourth-order valence-electron chi connectivity index (χ4n) is 1.39. The van der Waals surface area contributed by atoms with Gasteiger partial charge in [-0.05, 0) is 12.8 Å². The van der Waals surface area contributed by atoms with Crippen LogP contribution in [-0.2, 0) is 9.59 Å². The van der Waals surface area contributed by atoms with Gasteiger partial charge < -0.3 is 16.0 Å². The highest BCUT2D eigenvalue weighted by atomic mass is 16.2. The van der Waals surface area contributed by atoms with Crippen LogP contribution in [0.1, 0.15) is 26.7 Å². The molecular formula is C11H21N3O3. The average Bonchev–Trinajstić information content (AvgIpc) is 2.31. The van der Waals surface area contributed by atoms with E-state index in [2.05, 4.69) is 16.0 Å². The zero-order chi connectivity index (χ0) is 13.3. The van der Waals surface area contributed by atoms with Crippen molar-refractivity contribution in [2.45, 2.75) is 32.7 Å². The number of urea groups is 1. The van der Waals surface area contributed by atoms with Crippen LogP contribution >= 0.6 is 0 Å². The molecule has 1 unspecified atom stereocenters. The van der Waals surface area contributed by atoms with Crippen molar-refractivity contribution in [1.29, 1.82) is 0 Å². The molecule has 0 aromatic heterocycles. The van der Waals surface area contributed by atoms with Gasteiger partial charge in [-0.2, -0.15) is 0 Å².